The van der Waals surface area contributed by atoms with Crippen LogP contribution in [0.3, 0.4) is 0 Å². The van der Waals surface area contributed by atoms with Crippen molar-refractivity contribution >= 4 is 11.9 Å². The molecular formula is C17H24N6O. The molecule has 0 bridgehead atoms. The van der Waals surface area contributed by atoms with E-state index in [0.29, 0.717) is 11.9 Å². The predicted octanol–water partition coefficient (Wildman–Crippen LogP) is 1.84. The van der Waals surface area contributed by atoms with Crippen molar-refractivity contribution in [2.45, 2.75) is 45.6 Å². The van der Waals surface area contributed by atoms with E-state index < -0.39 is 0 Å². The molecule has 128 valence electrons. The Morgan fingerprint density at radius 2 is 2.04 bits per heavy atom. The van der Waals surface area contributed by atoms with Crippen LogP contribution in [0.15, 0.2) is 18.3 Å². The average molecular weight is 328 g/mol. The normalized spacial score (nSPS) is 17.0. The maximum atomic E-state index is 12.8. The number of carbonyl (C=O) groups excluding carboxylic acids is 1. The third kappa shape index (κ3) is 3.25. The number of aromatic nitrogens is 4. The summed E-state index contributed by atoms with van der Waals surface area (Å²) < 4.78 is 1.81. The third-order valence-electron chi connectivity index (χ3n) is 4.69. The summed E-state index contributed by atoms with van der Waals surface area (Å²) in [5.41, 5.74) is 8.59. The summed E-state index contributed by atoms with van der Waals surface area (Å²) in [4.78, 5) is 23.0. The van der Waals surface area contributed by atoms with Gasteiger partial charge in [0.05, 0.1) is 5.69 Å². The molecule has 1 saturated heterocycles. The first-order chi connectivity index (χ1) is 11.5. The molecule has 0 saturated carbocycles. The van der Waals surface area contributed by atoms with Gasteiger partial charge in [-0.15, -0.1) is 0 Å². The molecule has 24 heavy (non-hydrogen) atoms. The molecule has 0 aliphatic carbocycles. The molecule has 0 unspecified atom stereocenters. The van der Waals surface area contributed by atoms with Crippen LogP contribution in [0.25, 0.3) is 0 Å². The minimum atomic E-state index is -0.273. The van der Waals surface area contributed by atoms with E-state index in [1.807, 2.05) is 42.5 Å². The Morgan fingerprint density at radius 1 is 1.33 bits per heavy atom. The smallest absolute Gasteiger partial charge is 0.247 e. The van der Waals surface area contributed by atoms with Gasteiger partial charge in [0.25, 0.3) is 0 Å². The van der Waals surface area contributed by atoms with Gasteiger partial charge in [0.2, 0.25) is 11.9 Å². The zero-order valence-electron chi connectivity index (χ0n) is 14.4. The molecule has 2 N–H and O–H groups in total. The lowest BCUT2D eigenvalue weighted by atomic mass is 9.93. The summed E-state index contributed by atoms with van der Waals surface area (Å²) in [6, 6.07) is 3.64. The monoisotopic (exact) mass is 328 g/mol. The van der Waals surface area contributed by atoms with Gasteiger partial charge in [-0.1, -0.05) is 0 Å². The van der Waals surface area contributed by atoms with Crippen molar-refractivity contribution in [3.05, 3.63) is 35.4 Å². The van der Waals surface area contributed by atoms with Gasteiger partial charge in [0.15, 0.2) is 0 Å². The first-order valence-electron chi connectivity index (χ1n) is 8.35. The van der Waals surface area contributed by atoms with Crippen LogP contribution >= 0.6 is 0 Å². The Labute approximate surface area is 141 Å². The van der Waals surface area contributed by atoms with Gasteiger partial charge in [-0.25, -0.2) is 9.97 Å². The highest BCUT2D eigenvalue weighted by Gasteiger charge is 2.29. The molecule has 1 atom stereocenters. The Balaban J connectivity index is 1.64. The highest BCUT2D eigenvalue weighted by molar-refractivity contribution is 5.80. The van der Waals surface area contributed by atoms with Crippen LogP contribution in [0.2, 0.25) is 0 Å². The molecule has 3 heterocycles. The number of hydrogen-bond acceptors (Lipinski definition) is 5. The van der Waals surface area contributed by atoms with Crippen molar-refractivity contribution in [2.75, 3.05) is 18.8 Å². The number of likely N-dealkylation sites (tertiary alicyclic amines) is 1. The number of aryl methyl sites for hydroxylation is 2. The topological polar surface area (TPSA) is 89.9 Å². The van der Waals surface area contributed by atoms with Crippen molar-refractivity contribution in [2.24, 2.45) is 0 Å². The molecule has 7 heteroatoms. The number of anilines is 1. The van der Waals surface area contributed by atoms with Crippen LogP contribution in [-0.4, -0.2) is 43.6 Å². The second-order valence-corrected chi connectivity index (χ2v) is 6.49. The van der Waals surface area contributed by atoms with Gasteiger partial charge >= 0.3 is 0 Å². The van der Waals surface area contributed by atoms with Crippen molar-refractivity contribution < 1.29 is 4.79 Å². The minimum absolute atomic E-state index is 0.127. The summed E-state index contributed by atoms with van der Waals surface area (Å²) in [6.45, 7) is 7.31. The number of rotatable bonds is 3. The predicted molar refractivity (Wildman–Crippen MR) is 91.4 cm³/mol. The first-order valence-corrected chi connectivity index (χ1v) is 8.35. The number of nitrogens with zero attached hydrogens (tertiary/aromatic N) is 5. The number of nitrogen functional groups attached to an aromatic ring is 1. The fourth-order valence-electron chi connectivity index (χ4n) is 3.42. The second kappa shape index (κ2) is 6.59. The Morgan fingerprint density at radius 3 is 2.62 bits per heavy atom. The zero-order chi connectivity index (χ0) is 17.3. The largest absolute Gasteiger partial charge is 0.368 e. The van der Waals surface area contributed by atoms with Crippen LogP contribution in [0.5, 0.6) is 0 Å². The van der Waals surface area contributed by atoms with Crippen LogP contribution in [0.4, 0.5) is 5.95 Å². The molecule has 3 rings (SSSR count). The van der Waals surface area contributed by atoms with Crippen molar-refractivity contribution in [1.82, 2.24) is 24.6 Å². The number of nitrogens with two attached hydrogens (primary N) is 1. The van der Waals surface area contributed by atoms with E-state index in [-0.39, 0.29) is 11.9 Å². The molecular weight excluding hydrogens is 304 g/mol. The van der Waals surface area contributed by atoms with Crippen LogP contribution in [0.1, 0.15) is 48.8 Å². The maximum Gasteiger partial charge on any atom is 0.247 e. The molecule has 0 aromatic carbocycles. The summed E-state index contributed by atoms with van der Waals surface area (Å²) in [6.07, 6.45) is 3.48. The van der Waals surface area contributed by atoms with E-state index in [1.54, 1.807) is 6.20 Å². The Hall–Kier alpha value is -2.44. The van der Waals surface area contributed by atoms with Crippen molar-refractivity contribution in [3.8, 4) is 0 Å². The van der Waals surface area contributed by atoms with Gasteiger partial charge < -0.3 is 10.6 Å². The van der Waals surface area contributed by atoms with Gasteiger partial charge in [-0.05, 0) is 45.7 Å². The highest BCUT2D eigenvalue weighted by atomic mass is 16.2. The van der Waals surface area contributed by atoms with Gasteiger partial charge in [0.1, 0.15) is 6.04 Å². The summed E-state index contributed by atoms with van der Waals surface area (Å²) >= 11 is 0. The lowest BCUT2D eigenvalue weighted by Crippen LogP contribution is -2.41. The standard InChI is InChI=1S/C17H24N6O/c1-11-10-12(2)23(21-11)13(3)16(24)22-8-5-14(6-9-22)15-4-7-19-17(18)20-15/h4,7,10,13-14H,5-6,8-9H2,1-3H3,(H2,18,19,20)/t13-/m0/s1. The second-order valence-electron chi connectivity index (χ2n) is 6.49. The van der Waals surface area contributed by atoms with Gasteiger partial charge in [-0.3, -0.25) is 9.48 Å². The number of piperidine rings is 1. The fraction of sp³-hybridized carbons (Fsp3) is 0.529. The van der Waals surface area contributed by atoms with Crippen LogP contribution in [-0.2, 0) is 4.79 Å². The lowest BCUT2D eigenvalue weighted by molar-refractivity contribution is -0.135. The van der Waals surface area contributed by atoms with E-state index in [2.05, 4.69) is 15.1 Å². The van der Waals surface area contributed by atoms with E-state index in [9.17, 15) is 4.79 Å². The van der Waals surface area contributed by atoms with E-state index in [0.717, 1.165) is 43.0 Å². The molecule has 2 aromatic heterocycles. The summed E-state index contributed by atoms with van der Waals surface area (Å²) in [7, 11) is 0. The average Bonchev–Trinajstić information content (AvgIpc) is 2.92. The fourth-order valence-corrected chi connectivity index (χ4v) is 3.42. The molecule has 2 aromatic rings. The number of hydrogen-bond donors (Lipinski definition) is 1. The zero-order valence-corrected chi connectivity index (χ0v) is 14.4. The Kier molecular flexibility index (Phi) is 4.51. The van der Waals surface area contributed by atoms with Crippen molar-refractivity contribution in [3.63, 3.8) is 0 Å². The molecule has 0 spiro atoms. The Bertz CT molecular complexity index is 732. The quantitative estimate of drug-likeness (QED) is 0.928. The summed E-state index contributed by atoms with van der Waals surface area (Å²) in [5, 5.41) is 4.44. The van der Waals surface area contributed by atoms with Crippen LogP contribution in [0, 0.1) is 13.8 Å². The minimum Gasteiger partial charge on any atom is -0.368 e. The molecule has 1 aliphatic heterocycles. The molecule has 1 fully saturated rings. The third-order valence-corrected chi connectivity index (χ3v) is 4.69. The van der Waals surface area contributed by atoms with Gasteiger partial charge in [-0.2, -0.15) is 5.10 Å². The highest BCUT2D eigenvalue weighted by Crippen LogP contribution is 2.28. The maximum absolute atomic E-state index is 12.8. The molecule has 1 aliphatic rings. The van der Waals surface area contributed by atoms with E-state index in [4.69, 9.17) is 5.73 Å². The van der Waals surface area contributed by atoms with E-state index >= 15 is 0 Å². The number of carbonyl (C=O) groups is 1. The van der Waals surface area contributed by atoms with E-state index in [1.165, 1.54) is 0 Å². The molecule has 7 nitrogen and oxygen atoms in total. The van der Waals surface area contributed by atoms with Gasteiger partial charge in [0, 0.05) is 36.6 Å². The first kappa shape index (κ1) is 16.4. The lowest BCUT2D eigenvalue weighted by Gasteiger charge is -2.33. The SMILES string of the molecule is Cc1cc(C)n([C@@H](C)C(=O)N2CCC(c3ccnc(N)n3)CC2)n1. The molecule has 1 amide bonds. The number of amides is 1. The summed E-state index contributed by atoms with van der Waals surface area (Å²) in [5.74, 6) is 0.773. The van der Waals surface area contributed by atoms with Crippen LogP contribution < -0.4 is 5.73 Å². The van der Waals surface area contributed by atoms with Crippen molar-refractivity contribution in [1.29, 1.82) is 0 Å². The molecule has 0 radical (unpaired) electrons.